The summed E-state index contributed by atoms with van der Waals surface area (Å²) in [7, 11) is 3.29. The van der Waals surface area contributed by atoms with E-state index in [-0.39, 0.29) is 13.0 Å². The van der Waals surface area contributed by atoms with Crippen LogP contribution in [0.4, 0.5) is 0 Å². The van der Waals surface area contributed by atoms with Gasteiger partial charge in [-0.05, 0) is 45.6 Å². The lowest BCUT2D eigenvalue weighted by Crippen LogP contribution is -2.81. The van der Waals surface area contributed by atoms with Gasteiger partial charge in [-0.25, -0.2) is 0 Å². The second-order valence-corrected chi connectivity index (χ2v) is 9.29. The fourth-order valence-electron chi connectivity index (χ4n) is 5.30. The highest BCUT2D eigenvalue weighted by Crippen LogP contribution is 2.46. The summed E-state index contributed by atoms with van der Waals surface area (Å²) < 4.78 is 17.9. The molecule has 11 heteroatoms. The third-order valence-corrected chi connectivity index (χ3v) is 7.08. The second-order valence-electron chi connectivity index (χ2n) is 9.29. The molecule has 0 bridgehead atoms. The van der Waals surface area contributed by atoms with Crippen LogP contribution in [0.25, 0.3) is 0 Å². The summed E-state index contributed by atoms with van der Waals surface area (Å²) in [5.74, 6) is -2.21. The van der Waals surface area contributed by atoms with Crippen LogP contribution in [0.15, 0.2) is 24.5 Å². The minimum Gasteiger partial charge on any atom is -0.390 e. The number of rotatable bonds is 7. The lowest BCUT2D eigenvalue weighted by atomic mass is 9.77. The Morgan fingerprint density at radius 2 is 1.85 bits per heavy atom. The normalized spacial score (nSPS) is 45.3. The first-order valence-corrected chi connectivity index (χ1v) is 11.5. The molecule has 3 aliphatic rings. The zero-order valence-electron chi connectivity index (χ0n) is 19.2. The van der Waals surface area contributed by atoms with E-state index in [4.69, 9.17) is 14.2 Å². The van der Waals surface area contributed by atoms with Crippen molar-refractivity contribution in [1.29, 1.82) is 0 Å². The van der Waals surface area contributed by atoms with E-state index in [1.54, 1.807) is 33.4 Å². The van der Waals surface area contributed by atoms with Crippen LogP contribution in [0, 0.1) is 0 Å². The Morgan fingerprint density at radius 1 is 1.09 bits per heavy atom. The lowest BCUT2D eigenvalue weighted by molar-refractivity contribution is -0.482. The number of nitrogens with zero attached hydrogens (tertiary/aromatic N) is 1. The molecular formula is C22H36N4O7. The van der Waals surface area contributed by atoms with Gasteiger partial charge in [0.05, 0.1) is 24.3 Å². The van der Waals surface area contributed by atoms with E-state index in [9.17, 15) is 20.4 Å². The van der Waals surface area contributed by atoms with Gasteiger partial charge in [0.15, 0.2) is 0 Å². The van der Waals surface area contributed by atoms with Crippen LogP contribution in [0.2, 0.25) is 0 Å². The van der Waals surface area contributed by atoms with Crippen LogP contribution in [-0.4, -0.2) is 113 Å². The van der Waals surface area contributed by atoms with Gasteiger partial charge in [-0.3, -0.25) is 4.98 Å². The summed E-state index contributed by atoms with van der Waals surface area (Å²) in [6, 6.07) is 2.50. The van der Waals surface area contributed by atoms with Crippen molar-refractivity contribution < 1.29 is 34.6 Å². The quantitative estimate of drug-likeness (QED) is 0.212. The minimum absolute atomic E-state index is 0.0309. The molecule has 1 saturated carbocycles. The molecule has 2 saturated heterocycles. The average Bonchev–Trinajstić information content (AvgIpc) is 2.78. The summed E-state index contributed by atoms with van der Waals surface area (Å²) in [5.41, 5.74) is -0.682. The third-order valence-electron chi connectivity index (χ3n) is 7.08. The molecule has 1 aliphatic carbocycles. The Labute approximate surface area is 193 Å². The Morgan fingerprint density at radius 3 is 2.52 bits per heavy atom. The summed E-state index contributed by atoms with van der Waals surface area (Å²) >= 11 is 0. The smallest absolute Gasteiger partial charge is 0.249 e. The molecule has 0 radical (unpaired) electrons. The van der Waals surface area contributed by atoms with Gasteiger partial charge in [-0.2, -0.15) is 0 Å². The highest BCUT2D eigenvalue weighted by molar-refractivity contribution is 5.13. The number of nitrogens with one attached hydrogen (secondary N) is 3. The molecule has 1 unspecified atom stereocenters. The van der Waals surface area contributed by atoms with Crippen molar-refractivity contribution in [3.8, 4) is 0 Å². The molecule has 11 nitrogen and oxygen atoms in total. The van der Waals surface area contributed by atoms with Gasteiger partial charge >= 0.3 is 0 Å². The molecule has 2 aliphatic heterocycles. The number of ether oxygens (including phenoxy) is 3. The third kappa shape index (κ3) is 4.43. The zero-order valence-corrected chi connectivity index (χ0v) is 19.2. The van der Waals surface area contributed by atoms with E-state index in [0.717, 1.165) is 5.56 Å². The van der Waals surface area contributed by atoms with E-state index >= 15 is 0 Å². The SMILES string of the molecule is CN[C@@H]1[C@H](O)[C@H](NC)[C@H]2O[C@]3(O)[C@H](OC2[C@H]1O)O[C@H](C)C[C@@]3(O)CNCCc1cccnc1. The van der Waals surface area contributed by atoms with Gasteiger partial charge < -0.3 is 50.6 Å². The Hall–Kier alpha value is -1.25. The summed E-state index contributed by atoms with van der Waals surface area (Å²) in [5, 5.41) is 53.9. The number of pyridine rings is 1. The van der Waals surface area contributed by atoms with Crippen molar-refractivity contribution in [3.63, 3.8) is 0 Å². The van der Waals surface area contributed by atoms with Crippen LogP contribution in [0.3, 0.4) is 0 Å². The van der Waals surface area contributed by atoms with E-state index in [2.05, 4.69) is 20.9 Å². The highest BCUT2D eigenvalue weighted by atomic mass is 16.8. The largest absolute Gasteiger partial charge is 0.390 e. The summed E-state index contributed by atoms with van der Waals surface area (Å²) in [6.45, 7) is 2.37. The van der Waals surface area contributed by atoms with E-state index < -0.39 is 60.3 Å². The predicted octanol–water partition coefficient (Wildman–Crippen LogP) is -2.54. The fourth-order valence-corrected chi connectivity index (χ4v) is 5.30. The maximum absolute atomic E-state index is 11.6. The Kier molecular flexibility index (Phi) is 7.37. The van der Waals surface area contributed by atoms with E-state index in [0.29, 0.717) is 13.0 Å². The Bertz CT molecular complexity index is 791. The lowest BCUT2D eigenvalue weighted by Gasteiger charge is -2.60. The molecular weight excluding hydrogens is 432 g/mol. The minimum atomic E-state index is -2.21. The van der Waals surface area contributed by atoms with Gasteiger partial charge in [0.1, 0.15) is 23.9 Å². The number of aliphatic hydroxyl groups excluding tert-OH is 2. The molecule has 4 rings (SSSR count). The zero-order chi connectivity index (χ0) is 23.8. The van der Waals surface area contributed by atoms with Crippen molar-refractivity contribution in [3.05, 3.63) is 30.1 Å². The van der Waals surface area contributed by atoms with Crippen molar-refractivity contribution >= 4 is 0 Å². The van der Waals surface area contributed by atoms with Gasteiger partial charge in [-0.15, -0.1) is 0 Å². The molecule has 1 aromatic heterocycles. The fraction of sp³-hybridized carbons (Fsp3) is 0.773. The van der Waals surface area contributed by atoms with Gasteiger partial charge in [0.2, 0.25) is 12.1 Å². The molecule has 33 heavy (non-hydrogen) atoms. The molecule has 3 heterocycles. The van der Waals surface area contributed by atoms with Crippen molar-refractivity contribution in [2.75, 3.05) is 27.2 Å². The first kappa shape index (κ1) is 24.9. The predicted molar refractivity (Wildman–Crippen MR) is 117 cm³/mol. The Balaban J connectivity index is 1.52. The van der Waals surface area contributed by atoms with E-state index in [1.165, 1.54) is 0 Å². The van der Waals surface area contributed by atoms with Crippen LogP contribution in [0.1, 0.15) is 18.9 Å². The number of aromatic nitrogens is 1. The highest BCUT2D eigenvalue weighted by Gasteiger charge is 2.68. The van der Waals surface area contributed by atoms with Gasteiger partial charge in [-0.1, -0.05) is 6.07 Å². The molecule has 3 fully saturated rings. The number of fused-ring (bicyclic) bond motifs is 2. The molecule has 10 atom stereocenters. The van der Waals surface area contributed by atoms with Crippen molar-refractivity contribution in [2.24, 2.45) is 0 Å². The van der Waals surface area contributed by atoms with Crippen molar-refractivity contribution in [2.45, 2.75) is 80.0 Å². The summed E-state index contributed by atoms with van der Waals surface area (Å²) in [4.78, 5) is 4.10. The van der Waals surface area contributed by atoms with Crippen LogP contribution >= 0.6 is 0 Å². The molecule has 1 aromatic rings. The topological polar surface area (TPSA) is 158 Å². The number of likely N-dealkylation sites (N-methyl/N-ethyl adjacent to an activating group) is 2. The first-order chi connectivity index (χ1) is 15.7. The summed E-state index contributed by atoms with van der Waals surface area (Å²) in [6.07, 6.45) is -1.38. The molecule has 0 aromatic carbocycles. The average molecular weight is 469 g/mol. The van der Waals surface area contributed by atoms with Gasteiger partial charge in [0.25, 0.3) is 0 Å². The molecule has 0 amide bonds. The first-order valence-electron chi connectivity index (χ1n) is 11.5. The second kappa shape index (κ2) is 9.78. The van der Waals surface area contributed by atoms with E-state index in [1.807, 2.05) is 12.1 Å². The van der Waals surface area contributed by atoms with Gasteiger partial charge in [0, 0.05) is 25.4 Å². The number of hydrogen-bond donors (Lipinski definition) is 7. The van der Waals surface area contributed by atoms with Crippen molar-refractivity contribution in [1.82, 2.24) is 20.9 Å². The number of aliphatic hydroxyl groups is 4. The standard InChI is InChI=1S/C22H36N4O7/c1-12-9-21(29,11-26-8-6-13-5-4-7-25-10-13)22(30)20(31-12)32-19-17(28)14(23-2)16(27)15(24-3)18(19)33-22/h4-5,7,10,12,14-20,23-24,26-30H,6,8-9,11H2,1-3H3/t12-,14-,15+,16+,17+,18-,19?,20+,21-,22-/m1/s1. The number of hydrogen-bond acceptors (Lipinski definition) is 11. The molecule has 186 valence electrons. The monoisotopic (exact) mass is 468 g/mol. The van der Waals surface area contributed by atoms with Crippen LogP contribution < -0.4 is 16.0 Å². The maximum atomic E-state index is 11.6. The van der Waals surface area contributed by atoms with Crippen LogP contribution in [0.5, 0.6) is 0 Å². The van der Waals surface area contributed by atoms with Crippen LogP contribution in [-0.2, 0) is 20.6 Å². The molecule has 0 spiro atoms. The maximum Gasteiger partial charge on any atom is 0.249 e. The molecule has 7 N–H and O–H groups in total.